The zero-order valence-electron chi connectivity index (χ0n) is 8.60. The Hall–Kier alpha value is -0.810. The molecule has 0 saturated heterocycles. The summed E-state index contributed by atoms with van der Waals surface area (Å²) in [5.74, 6) is 1.99. The summed E-state index contributed by atoms with van der Waals surface area (Å²) in [6.07, 6.45) is 2.09. The van der Waals surface area contributed by atoms with Crippen LogP contribution in [0.2, 0.25) is 0 Å². The number of nitrogens with zero attached hydrogens (tertiary/aromatic N) is 3. The smallest absolute Gasteiger partial charge is 0.151 e. The van der Waals surface area contributed by atoms with Gasteiger partial charge in [0.15, 0.2) is 5.82 Å². The highest BCUT2D eigenvalue weighted by atomic mass is 32.2. The summed E-state index contributed by atoms with van der Waals surface area (Å²) >= 11 is 1.82. The molecule has 0 amide bonds. The molecule has 1 aromatic rings. The maximum absolute atomic E-state index is 5.44. The van der Waals surface area contributed by atoms with Crippen LogP contribution < -0.4 is 10.6 Å². The van der Waals surface area contributed by atoms with E-state index in [1.54, 1.807) is 0 Å². The van der Waals surface area contributed by atoms with Crippen molar-refractivity contribution in [2.24, 2.45) is 5.73 Å². The maximum atomic E-state index is 5.44. The molecule has 5 heteroatoms. The topological polar surface area (TPSA) is 55.0 Å². The van der Waals surface area contributed by atoms with Gasteiger partial charge in [-0.2, -0.15) is 16.9 Å². The number of hydrogen-bond acceptors (Lipinski definition) is 5. The Balaban J connectivity index is 2.57. The maximum Gasteiger partial charge on any atom is 0.151 e. The van der Waals surface area contributed by atoms with Gasteiger partial charge in [0.25, 0.3) is 0 Å². The summed E-state index contributed by atoms with van der Waals surface area (Å²) in [4.78, 5) is 2.09. The van der Waals surface area contributed by atoms with E-state index < -0.39 is 0 Å². The molecule has 14 heavy (non-hydrogen) atoms. The van der Waals surface area contributed by atoms with Gasteiger partial charge in [-0.3, -0.25) is 0 Å². The molecule has 0 radical (unpaired) electrons. The number of hydrogen-bond donors (Lipinski definition) is 1. The third-order valence-corrected chi connectivity index (χ3v) is 2.53. The highest BCUT2D eigenvalue weighted by Gasteiger charge is 2.01. The molecule has 0 aromatic carbocycles. The first-order valence-corrected chi connectivity index (χ1v) is 5.90. The Kier molecular flexibility index (Phi) is 4.69. The monoisotopic (exact) mass is 212 g/mol. The minimum atomic E-state index is 0.446. The molecule has 0 atom stereocenters. The van der Waals surface area contributed by atoms with Crippen LogP contribution in [0.4, 0.5) is 5.82 Å². The first-order chi connectivity index (χ1) is 6.77. The summed E-state index contributed by atoms with van der Waals surface area (Å²) in [5.41, 5.74) is 6.26. The van der Waals surface area contributed by atoms with Crippen LogP contribution in [-0.2, 0) is 6.54 Å². The molecule has 0 spiro atoms. The Labute approximate surface area is 88.9 Å². The highest BCUT2D eigenvalue weighted by Crippen LogP contribution is 2.07. The van der Waals surface area contributed by atoms with Crippen LogP contribution in [0.1, 0.15) is 5.69 Å². The average molecular weight is 212 g/mol. The van der Waals surface area contributed by atoms with Gasteiger partial charge >= 0.3 is 0 Å². The summed E-state index contributed by atoms with van der Waals surface area (Å²) < 4.78 is 0. The fourth-order valence-electron chi connectivity index (χ4n) is 1.01. The zero-order valence-corrected chi connectivity index (χ0v) is 9.42. The van der Waals surface area contributed by atoms with Crippen LogP contribution in [0.25, 0.3) is 0 Å². The molecule has 0 aliphatic carbocycles. The van der Waals surface area contributed by atoms with E-state index in [9.17, 15) is 0 Å². The summed E-state index contributed by atoms with van der Waals surface area (Å²) in [6, 6.07) is 3.87. The molecule has 0 bridgehead atoms. The van der Waals surface area contributed by atoms with Crippen molar-refractivity contribution >= 4 is 17.6 Å². The van der Waals surface area contributed by atoms with Crippen molar-refractivity contribution in [2.75, 3.05) is 30.5 Å². The molecule has 78 valence electrons. The predicted octanol–water partition coefficient (Wildman–Crippen LogP) is 0.734. The molecule has 0 unspecified atom stereocenters. The van der Waals surface area contributed by atoms with Crippen molar-refractivity contribution in [2.45, 2.75) is 6.54 Å². The zero-order chi connectivity index (χ0) is 10.4. The average Bonchev–Trinajstić information content (AvgIpc) is 2.26. The second-order valence-electron chi connectivity index (χ2n) is 3.00. The van der Waals surface area contributed by atoms with E-state index in [1.807, 2.05) is 30.9 Å². The van der Waals surface area contributed by atoms with Crippen molar-refractivity contribution < 1.29 is 0 Å². The molecular weight excluding hydrogens is 196 g/mol. The van der Waals surface area contributed by atoms with Gasteiger partial charge in [-0.25, -0.2) is 0 Å². The van der Waals surface area contributed by atoms with E-state index in [-0.39, 0.29) is 0 Å². The van der Waals surface area contributed by atoms with E-state index in [4.69, 9.17) is 5.73 Å². The molecule has 2 N–H and O–H groups in total. The Bertz CT molecular complexity index is 262. The van der Waals surface area contributed by atoms with Crippen LogP contribution in [0, 0.1) is 0 Å². The van der Waals surface area contributed by atoms with Gasteiger partial charge in [-0.15, -0.1) is 5.10 Å². The normalized spacial score (nSPS) is 10.2. The predicted molar refractivity (Wildman–Crippen MR) is 61.6 cm³/mol. The standard InChI is InChI=1S/C9H16N4S/c1-13(5-6-14-2)9-4-3-8(7-10)11-12-9/h3-4H,5-7,10H2,1-2H3. The lowest BCUT2D eigenvalue weighted by atomic mass is 10.4. The highest BCUT2D eigenvalue weighted by molar-refractivity contribution is 7.98. The van der Waals surface area contributed by atoms with Crippen molar-refractivity contribution in [1.29, 1.82) is 0 Å². The van der Waals surface area contributed by atoms with Crippen LogP contribution in [-0.4, -0.2) is 35.8 Å². The Morgan fingerprint density at radius 2 is 2.21 bits per heavy atom. The van der Waals surface area contributed by atoms with Gasteiger partial charge in [0.2, 0.25) is 0 Å². The second kappa shape index (κ2) is 5.82. The fourth-order valence-corrected chi connectivity index (χ4v) is 1.46. The van der Waals surface area contributed by atoms with E-state index in [1.165, 1.54) is 0 Å². The molecule has 0 saturated carbocycles. The van der Waals surface area contributed by atoms with E-state index >= 15 is 0 Å². The number of nitrogens with two attached hydrogens (primary N) is 1. The van der Waals surface area contributed by atoms with E-state index in [0.29, 0.717) is 6.54 Å². The molecule has 1 rings (SSSR count). The van der Waals surface area contributed by atoms with Crippen LogP contribution in [0.5, 0.6) is 0 Å². The van der Waals surface area contributed by atoms with Gasteiger partial charge in [-0.05, 0) is 18.4 Å². The van der Waals surface area contributed by atoms with Crippen LogP contribution in [0.15, 0.2) is 12.1 Å². The van der Waals surface area contributed by atoms with Crippen molar-refractivity contribution in [3.63, 3.8) is 0 Å². The van der Waals surface area contributed by atoms with Gasteiger partial charge < -0.3 is 10.6 Å². The quantitative estimate of drug-likeness (QED) is 0.780. The molecule has 1 aromatic heterocycles. The van der Waals surface area contributed by atoms with Crippen LogP contribution in [0.3, 0.4) is 0 Å². The van der Waals surface area contributed by atoms with E-state index in [2.05, 4.69) is 21.4 Å². The largest absolute Gasteiger partial charge is 0.357 e. The lowest BCUT2D eigenvalue weighted by Crippen LogP contribution is -2.21. The first kappa shape index (κ1) is 11.3. The lowest BCUT2D eigenvalue weighted by molar-refractivity contribution is 0.855. The third kappa shape index (κ3) is 3.16. The molecule has 0 fully saturated rings. The number of rotatable bonds is 5. The van der Waals surface area contributed by atoms with Gasteiger partial charge in [0.05, 0.1) is 5.69 Å². The van der Waals surface area contributed by atoms with E-state index in [0.717, 1.165) is 23.8 Å². The molecule has 0 aliphatic rings. The van der Waals surface area contributed by atoms with Crippen molar-refractivity contribution in [3.05, 3.63) is 17.8 Å². The number of thioether (sulfide) groups is 1. The summed E-state index contributed by atoms with van der Waals surface area (Å²) in [5, 5.41) is 8.09. The molecule has 1 heterocycles. The summed E-state index contributed by atoms with van der Waals surface area (Å²) in [6.45, 7) is 1.43. The molecule has 0 aliphatic heterocycles. The van der Waals surface area contributed by atoms with Gasteiger partial charge in [0.1, 0.15) is 0 Å². The second-order valence-corrected chi connectivity index (χ2v) is 3.99. The lowest BCUT2D eigenvalue weighted by Gasteiger charge is -2.16. The Morgan fingerprint density at radius 3 is 2.71 bits per heavy atom. The van der Waals surface area contributed by atoms with Gasteiger partial charge in [0, 0.05) is 25.9 Å². The third-order valence-electron chi connectivity index (χ3n) is 1.94. The SMILES string of the molecule is CSCCN(C)c1ccc(CN)nn1. The minimum absolute atomic E-state index is 0.446. The first-order valence-electron chi connectivity index (χ1n) is 4.50. The van der Waals surface area contributed by atoms with Crippen molar-refractivity contribution in [1.82, 2.24) is 10.2 Å². The number of anilines is 1. The molecule has 4 nitrogen and oxygen atoms in total. The minimum Gasteiger partial charge on any atom is -0.357 e. The van der Waals surface area contributed by atoms with Crippen molar-refractivity contribution in [3.8, 4) is 0 Å². The number of aromatic nitrogens is 2. The Morgan fingerprint density at radius 1 is 1.43 bits per heavy atom. The summed E-state index contributed by atoms with van der Waals surface area (Å²) in [7, 11) is 2.02. The van der Waals surface area contributed by atoms with Crippen LogP contribution >= 0.6 is 11.8 Å². The van der Waals surface area contributed by atoms with Gasteiger partial charge in [-0.1, -0.05) is 0 Å². The fraction of sp³-hybridized carbons (Fsp3) is 0.556. The molecular formula is C9H16N4S.